The van der Waals surface area contributed by atoms with Gasteiger partial charge in [0.15, 0.2) is 0 Å². The Kier molecular flexibility index (Phi) is 18.6. The number of halogens is 2. The fourth-order valence-electron chi connectivity index (χ4n) is 1.37. The predicted octanol–water partition coefficient (Wildman–Crippen LogP) is 4.83. The molecule has 0 unspecified atom stereocenters. The van der Waals surface area contributed by atoms with Crippen molar-refractivity contribution in [3.05, 3.63) is 78.9 Å². The molecule has 0 aromatic heterocycles. The van der Waals surface area contributed by atoms with Gasteiger partial charge in [-0.25, -0.2) is 24.3 Å². The second-order valence-electron chi connectivity index (χ2n) is 4.00. The molecule has 0 saturated heterocycles. The van der Waals surface area contributed by atoms with Gasteiger partial charge in [-0.15, -0.1) is 46.8 Å². The Morgan fingerprint density at radius 3 is 1.57 bits per heavy atom. The molecule has 0 aliphatic heterocycles. The Labute approximate surface area is 165 Å². The van der Waals surface area contributed by atoms with Crippen LogP contribution in [-0.4, -0.2) is 5.43 Å². The average molecular weight is 503 g/mol. The number of allylic oxidation sites excluding steroid dienone is 8. The molecule has 0 radical (unpaired) electrons. The summed E-state index contributed by atoms with van der Waals surface area (Å²) in [6.07, 6.45) is 20.0. The van der Waals surface area contributed by atoms with Gasteiger partial charge in [0.1, 0.15) is 0 Å². The molecule has 0 N–H and O–H groups in total. The fourth-order valence-corrected chi connectivity index (χ4v) is 3.29. The average Bonchev–Trinajstić information content (AvgIpc) is 3.18. The van der Waals surface area contributed by atoms with Gasteiger partial charge in [0.05, 0.1) is 0 Å². The first-order chi connectivity index (χ1) is 9.30. The predicted molar refractivity (Wildman–Crippen MR) is 101 cm³/mol. The second-order valence-corrected chi connectivity index (χ2v) is 11.4. The van der Waals surface area contributed by atoms with E-state index in [1.54, 1.807) is 28.5 Å². The zero-order valence-corrected chi connectivity index (χ0v) is 19.0. The standard InChI is InChI=1S/C7H8Si.2C5H5.2BrH.Zr/c1-8-7-5-3-2-4-6-7;2*1-2-4-5-3-1;;;/h2-6H,1H3;2*1-3H,4H2;2*1H;/q;2*-1;;;+2. The quantitative estimate of drug-likeness (QED) is 0.381. The van der Waals surface area contributed by atoms with Crippen LogP contribution in [0.2, 0.25) is 6.55 Å². The van der Waals surface area contributed by atoms with Crippen molar-refractivity contribution >= 4 is 44.6 Å². The molecule has 4 heteroatoms. The number of hydrogen-bond donors (Lipinski definition) is 0. The fraction of sp³-hybridized carbons (Fsp3) is 0.176. The van der Waals surface area contributed by atoms with Gasteiger partial charge in [-0.2, -0.15) is 12.2 Å². The van der Waals surface area contributed by atoms with Crippen LogP contribution in [0.4, 0.5) is 0 Å². The first-order valence-corrected chi connectivity index (χ1v) is 12.0. The van der Waals surface area contributed by atoms with E-state index in [1.807, 2.05) is 24.3 Å². The molecule has 0 amide bonds. The molecule has 110 valence electrons. The summed E-state index contributed by atoms with van der Waals surface area (Å²) in [7, 11) is 0. The Morgan fingerprint density at radius 1 is 0.905 bits per heavy atom. The molecule has 0 saturated carbocycles. The van der Waals surface area contributed by atoms with Gasteiger partial charge >= 0.3 is 70.8 Å². The third-order valence-corrected chi connectivity index (χ3v) is 5.71. The molecule has 1 aromatic rings. The molecule has 3 rings (SSSR count). The summed E-state index contributed by atoms with van der Waals surface area (Å²) in [4.78, 5) is 0. The number of rotatable bonds is 1. The van der Waals surface area contributed by atoms with Crippen LogP contribution in [0.1, 0.15) is 12.8 Å². The van der Waals surface area contributed by atoms with Gasteiger partial charge in [-0.1, -0.05) is 0 Å². The summed E-state index contributed by atoms with van der Waals surface area (Å²) in [5.74, 6) is 0. The SMILES string of the molecule is Br.Br.C[Si](=[Zr+2])c1ccccc1.[C-]1=CC=CC1.[C-]1=CC=CC1. The van der Waals surface area contributed by atoms with Gasteiger partial charge < -0.3 is 0 Å². The second kappa shape index (κ2) is 16.6. The molecular weight excluding hydrogens is 483 g/mol. The Hall–Kier alpha value is 0.240. The molecule has 0 spiro atoms. The van der Waals surface area contributed by atoms with Gasteiger partial charge in [-0.05, 0) is 0 Å². The third-order valence-electron chi connectivity index (χ3n) is 2.38. The van der Waals surface area contributed by atoms with Gasteiger partial charge in [0, 0.05) is 0 Å². The van der Waals surface area contributed by atoms with Crippen molar-refractivity contribution in [3.63, 3.8) is 0 Å². The van der Waals surface area contributed by atoms with Crippen LogP contribution in [0.3, 0.4) is 0 Å². The molecule has 2 aliphatic rings. The first-order valence-electron chi connectivity index (χ1n) is 6.34. The summed E-state index contributed by atoms with van der Waals surface area (Å²) in [5, 5.41) is 1.56. The van der Waals surface area contributed by atoms with Crippen LogP contribution >= 0.6 is 34.0 Å². The summed E-state index contributed by atoms with van der Waals surface area (Å²) >= 11 is 1.69. The zero-order chi connectivity index (χ0) is 13.8. The molecule has 21 heavy (non-hydrogen) atoms. The molecule has 0 heterocycles. The Morgan fingerprint density at radius 2 is 1.38 bits per heavy atom. The molecule has 0 fully saturated rings. The van der Waals surface area contributed by atoms with E-state index >= 15 is 0 Å². The smallest absolute Gasteiger partial charge is 0.109 e. The van der Waals surface area contributed by atoms with E-state index in [9.17, 15) is 0 Å². The van der Waals surface area contributed by atoms with Crippen LogP contribution in [-0.2, 0) is 23.3 Å². The largest absolute Gasteiger partial charge is 0.273 e. The number of hydrogen-bond acceptors (Lipinski definition) is 0. The molecule has 1 aromatic carbocycles. The van der Waals surface area contributed by atoms with E-state index in [0.717, 1.165) is 12.8 Å². The van der Waals surface area contributed by atoms with E-state index < -0.39 is 0 Å². The van der Waals surface area contributed by atoms with Gasteiger partial charge in [-0.3, -0.25) is 12.2 Å². The summed E-state index contributed by atoms with van der Waals surface area (Å²) in [6.45, 7) is 2.35. The van der Waals surface area contributed by atoms with Crippen molar-refractivity contribution in [1.82, 2.24) is 0 Å². The topological polar surface area (TPSA) is 0 Å². The maximum Gasteiger partial charge on any atom is -0.109 e. The monoisotopic (exact) mass is 500 g/mol. The summed E-state index contributed by atoms with van der Waals surface area (Å²) in [6, 6.07) is 10.8. The van der Waals surface area contributed by atoms with Crippen LogP contribution in [0.25, 0.3) is 0 Å². The number of benzene rings is 1. The van der Waals surface area contributed by atoms with E-state index in [1.165, 1.54) is 0 Å². The minimum Gasteiger partial charge on any atom is -0.273 e. The molecular formula is C17H20Br2SiZr. The Bertz CT molecular complexity index is 449. The van der Waals surface area contributed by atoms with E-state index in [2.05, 4.69) is 61.2 Å². The molecule has 0 nitrogen and oxygen atoms in total. The van der Waals surface area contributed by atoms with Crippen molar-refractivity contribution in [2.45, 2.75) is 19.4 Å². The minimum atomic E-state index is -0.122. The molecule has 0 bridgehead atoms. The normalized spacial score (nSPS) is 12.3. The van der Waals surface area contributed by atoms with Gasteiger partial charge in [0.2, 0.25) is 0 Å². The maximum absolute atomic E-state index is 2.99. The Balaban J connectivity index is 0. The van der Waals surface area contributed by atoms with Crippen LogP contribution in [0.5, 0.6) is 0 Å². The van der Waals surface area contributed by atoms with Crippen LogP contribution < -0.4 is 5.19 Å². The maximum atomic E-state index is 2.99. The zero-order valence-electron chi connectivity index (χ0n) is 12.1. The first kappa shape index (κ1) is 23.5. The van der Waals surface area contributed by atoms with E-state index in [0.29, 0.717) is 0 Å². The van der Waals surface area contributed by atoms with Crippen molar-refractivity contribution in [1.29, 1.82) is 0 Å². The van der Waals surface area contributed by atoms with Crippen LogP contribution in [0.15, 0.2) is 66.8 Å². The summed E-state index contributed by atoms with van der Waals surface area (Å²) in [5.41, 5.74) is -0.122. The van der Waals surface area contributed by atoms with Crippen molar-refractivity contribution in [3.8, 4) is 0 Å². The van der Waals surface area contributed by atoms with Crippen molar-refractivity contribution in [2.75, 3.05) is 0 Å². The van der Waals surface area contributed by atoms with Crippen molar-refractivity contribution < 1.29 is 23.3 Å². The van der Waals surface area contributed by atoms with E-state index in [4.69, 9.17) is 0 Å². The third kappa shape index (κ3) is 13.6. The van der Waals surface area contributed by atoms with E-state index in [-0.39, 0.29) is 39.4 Å². The van der Waals surface area contributed by atoms with Gasteiger partial charge in [0.25, 0.3) is 0 Å². The molecule has 0 atom stereocenters. The van der Waals surface area contributed by atoms with Crippen LogP contribution in [0, 0.1) is 12.2 Å². The minimum absolute atomic E-state index is 0. The van der Waals surface area contributed by atoms with Crippen molar-refractivity contribution in [2.24, 2.45) is 0 Å². The summed E-state index contributed by atoms with van der Waals surface area (Å²) < 4.78 is 0. The molecule has 2 aliphatic carbocycles.